The molecule has 0 aliphatic carbocycles. The molecule has 1 aromatic carbocycles. The molecule has 0 atom stereocenters. The van der Waals surface area contributed by atoms with E-state index in [-0.39, 0.29) is 0 Å². The summed E-state index contributed by atoms with van der Waals surface area (Å²) in [4.78, 5) is 0. The van der Waals surface area contributed by atoms with Gasteiger partial charge in [-0.05, 0) is 42.2 Å². The SMILES string of the molecule is CCc1[c]cc(CC)c(C#N)c1. The van der Waals surface area contributed by atoms with E-state index in [1.807, 2.05) is 12.1 Å². The average molecular weight is 158 g/mol. The Morgan fingerprint density at radius 3 is 2.67 bits per heavy atom. The standard InChI is InChI=1S/C11H12N/c1-3-9-5-6-10(4-2)11(7-9)8-12/h6-7H,3-4H2,1-2H3. The number of rotatable bonds is 2. The fourth-order valence-corrected chi connectivity index (χ4v) is 1.17. The van der Waals surface area contributed by atoms with Crippen molar-refractivity contribution < 1.29 is 0 Å². The van der Waals surface area contributed by atoms with Gasteiger partial charge >= 0.3 is 0 Å². The van der Waals surface area contributed by atoms with Gasteiger partial charge in [-0.15, -0.1) is 0 Å². The lowest BCUT2D eigenvalue weighted by atomic mass is 10.0. The molecule has 12 heavy (non-hydrogen) atoms. The van der Waals surface area contributed by atoms with Crippen LogP contribution in [-0.4, -0.2) is 0 Å². The summed E-state index contributed by atoms with van der Waals surface area (Å²) in [5.74, 6) is 0. The Bertz CT molecular complexity index is 307. The summed E-state index contributed by atoms with van der Waals surface area (Å²) in [6.07, 6.45) is 1.85. The molecule has 1 heteroatoms. The molecule has 1 radical (unpaired) electrons. The molecule has 0 bridgehead atoms. The van der Waals surface area contributed by atoms with Gasteiger partial charge in [0, 0.05) is 0 Å². The molecule has 0 aliphatic heterocycles. The fraction of sp³-hybridized carbons (Fsp3) is 0.364. The maximum absolute atomic E-state index is 8.81. The molecule has 0 N–H and O–H groups in total. The summed E-state index contributed by atoms with van der Waals surface area (Å²) in [7, 11) is 0. The lowest BCUT2D eigenvalue weighted by Crippen LogP contribution is -1.90. The summed E-state index contributed by atoms with van der Waals surface area (Å²) < 4.78 is 0. The van der Waals surface area contributed by atoms with Gasteiger partial charge in [0.15, 0.2) is 0 Å². The molecule has 0 aliphatic rings. The van der Waals surface area contributed by atoms with E-state index in [0.717, 1.165) is 29.5 Å². The van der Waals surface area contributed by atoms with Crippen LogP contribution >= 0.6 is 0 Å². The van der Waals surface area contributed by atoms with Crippen molar-refractivity contribution in [1.82, 2.24) is 0 Å². The second-order valence-electron chi connectivity index (χ2n) is 2.72. The predicted molar refractivity (Wildman–Crippen MR) is 48.7 cm³/mol. The van der Waals surface area contributed by atoms with Crippen LogP contribution < -0.4 is 0 Å². The Balaban J connectivity index is 3.13. The van der Waals surface area contributed by atoms with Crippen LogP contribution in [0.3, 0.4) is 0 Å². The quantitative estimate of drug-likeness (QED) is 0.648. The van der Waals surface area contributed by atoms with Gasteiger partial charge in [-0.25, -0.2) is 0 Å². The fourth-order valence-electron chi connectivity index (χ4n) is 1.17. The van der Waals surface area contributed by atoms with Crippen LogP contribution in [0.25, 0.3) is 0 Å². The number of nitrogens with zero attached hydrogens (tertiary/aromatic N) is 1. The molecule has 1 aromatic rings. The van der Waals surface area contributed by atoms with Crippen LogP contribution in [0.1, 0.15) is 30.5 Å². The van der Waals surface area contributed by atoms with Gasteiger partial charge in [0.25, 0.3) is 0 Å². The van der Waals surface area contributed by atoms with Crippen LogP contribution in [-0.2, 0) is 12.8 Å². The number of nitriles is 1. The Labute approximate surface area is 73.6 Å². The molecule has 0 fully saturated rings. The van der Waals surface area contributed by atoms with Gasteiger partial charge in [0.05, 0.1) is 11.6 Å². The van der Waals surface area contributed by atoms with Crippen molar-refractivity contribution in [3.05, 3.63) is 34.9 Å². The van der Waals surface area contributed by atoms with Gasteiger partial charge in [0.1, 0.15) is 0 Å². The van der Waals surface area contributed by atoms with E-state index in [2.05, 4.69) is 26.0 Å². The largest absolute Gasteiger partial charge is 0.192 e. The molecule has 1 nitrogen and oxygen atoms in total. The molecule has 0 amide bonds. The lowest BCUT2D eigenvalue weighted by molar-refractivity contribution is 1.09. The monoisotopic (exact) mass is 158 g/mol. The summed E-state index contributed by atoms with van der Waals surface area (Å²) in [5.41, 5.74) is 3.01. The second kappa shape index (κ2) is 3.92. The van der Waals surface area contributed by atoms with Crippen molar-refractivity contribution in [3.63, 3.8) is 0 Å². The van der Waals surface area contributed by atoms with Crippen LogP contribution in [0.4, 0.5) is 0 Å². The summed E-state index contributed by atoms with van der Waals surface area (Å²) in [6, 6.07) is 9.22. The molecule has 0 aromatic heterocycles. The van der Waals surface area contributed by atoms with E-state index in [4.69, 9.17) is 5.26 Å². The Morgan fingerprint density at radius 2 is 2.17 bits per heavy atom. The minimum atomic E-state index is 0.799. The molecular weight excluding hydrogens is 146 g/mol. The minimum Gasteiger partial charge on any atom is -0.192 e. The highest BCUT2D eigenvalue weighted by Crippen LogP contribution is 2.11. The zero-order valence-electron chi connectivity index (χ0n) is 7.52. The molecule has 1 rings (SSSR count). The predicted octanol–water partition coefficient (Wildman–Crippen LogP) is 2.48. The van der Waals surface area contributed by atoms with E-state index in [0.29, 0.717) is 0 Å². The van der Waals surface area contributed by atoms with Crippen molar-refractivity contribution in [2.45, 2.75) is 26.7 Å². The highest BCUT2D eigenvalue weighted by Gasteiger charge is 2.00. The van der Waals surface area contributed by atoms with E-state index < -0.39 is 0 Å². The first-order valence-electron chi connectivity index (χ1n) is 4.25. The third-order valence-electron chi connectivity index (χ3n) is 1.98. The smallest absolute Gasteiger partial charge is 0.0994 e. The molecular formula is C11H12N. The van der Waals surface area contributed by atoms with Crippen LogP contribution in [0.15, 0.2) is 12.1 Å². The molecule has 61 valence electrons. The number of benzene rings is 1. The first-order valence-corrected chi connectivity index (χ1v) is 4.25. The summed E-state index contributed by atoms with van der Waals surface area (Å²) in [5, 5.41) is 8.81. The third kappa shape index (κ3) is 1.65. The second-order valence-corrected chi connectivity index (χ2v) is 2.72. The van der Waals surface area contributed by atoms with Crippen molar-refractivity contribution in [2.24, 2.45) is 0 Å². The third-order valence-corrected chi connectivity index (χ3v) is 1.98. The number of hydrogen-bond donors (Lipinski definition) is 0. The molecule has 0 saturated heterocycles. The first kappa shape index (κ1) is 8.80. The van der Waals surface area contributed by atoms with Gasteiger partial charge < -0.3 is 0 Å². The van der Waals surface area contributed by atoms with E-state index in [9.17, 15) is 0 Å². The van der Waals surface area contributed by atoms with Crippen LogP contribution in [0.2, 0.25) is 0 Å². The van der Waals surface area contributed by atoms with Crippen molar-refractivity contribution in [1.29, 1.82) is 5.26 Å². The zero-order chi connectivity index (χ0) is 8.97. The topological polar surface area (TPSA) is 23.8 Å². The zero-order valence-corrected chi connectivity index (χ0v) is 7.52. The molecule has 0 spiro atoms. The molecule has 0 heterocycles. The highest BCUT2D eigenvalue weighted by molar-refractivity contribution is 5.40. The summed E-state index contributed by atoms with van der Waals surface area (Å²) >= 11 is 0. The van der Waals surface area contributed by atoms with Crippen LogP contribution in [0, 0.1) is 17.4 Å². The Morgan fingerprint density at radius 1 is 1.42 bits per heavy atom. The van der Waals surface area contributed by atoms with E-state index >= 15 is 0 Å². The van der Waals surface area contributed by atoms with Crippen molar-refractivity contribution >= 4 is 0 Å². The van der Waals surface area contributed by atoms with Crippen molar-refractivity contribution in [2.75, 3.05) is 0 Å². The highest BCUT2D eigenvalue weighted by atomic mass is 14.2. The average Bonchev–Trinajstić information content (AvgIpc) is 2.16. The van der Waals surface area contributed by atoms with Crippen LogP contribution in [0.5, 0.6) is 0 Å². The first-order chi connectivity index (χ1) is 5.81. The lowest BCUT2D eigenvalue weighted by Gasteiger charge is -2.01. The molecule has 0 unspecified atom stereocenters. The maximum atomic E-state index is 8.81. The van der Waals surface area contributed by atoms with Gasteiger partial charge in [-0.1, -0.05) is 13.8 Å². The van der Waals surface area contributed by atoms with E-state index in [1.165, 1.54) is 0 Å². The normalized spacial score (nSPS) is 9.42. The van der Waals surface area contributed by atoms with Gasteiger partial charge in [-0.2, -0.15) is 5.26 Å². The minimum absolute atomic E-state index is 0.799. The number of hydrogen-bond acceptors (Lipinski definition) is 1. The Kier molecular flexibility index (Phi) is 2.88. The molecule has 0 saturated carbocycles. The maximum Gasteiger partial charge on any atom is 0.0994 e. The van der Waals surface area contributed by atoms with Gasteiger partial charge in [-0.3, -0.25) is 0 Å². The number of aryl methyl sites for hydroxylation is 2. The summed E-state index contributed by atoms with van der Waals surface area (Å²) in [6.45, 7) is 4.12. The van der Waals surface area contributed by atoms with Gasteiger partial charge in [0.2, 0.25) is 0 Å². The Hall–Kier alpha value is -1.29. The van der Waals surface area contributed by atoms with E-state index in [1.54, 1.807) is 0 Å². The van der Waals surface area contributed by atoms with Crippen molar-refractivity contribution in [3.8, 4) is 6.07 Å².